The van der Waals surface area contributed by atoms with E-state index in [0.717, 1.165) is 19.3 Å². The van der Waals surface area contributed by atoms with E-state index in [-0.39, 0.29) is 24.9 Å². The largest absolute Gasteiger partial charge is 0.490 e. The van der Waals surface area contributed by atoms with E-state index >= 15 is 0 Å². The van der Waals surface area contributed by atoms with Crippen molar-refractivity contribution in [1.82, 2.24) is 5.32 Å². The first kappa shape index (κ1) is 26.3. The minimum absolute atomic E-state index is 0.145. The van der Waals surface area contributed by atoms with E-state index in [0.29, 0.717) is 23.4 Å². The highest BCUT2D eigenvalue weighted by atomic mass is 79.9. The van der Waals surface area contributed by atoms with E-state index in [4.69, 9.17) is 23.7 Å². The Bertz CT molecular complexity index is 778. The molecule has 1 aliphatic heterocycles. The zero-order chi connectivity index (χ0) is 23.7. The van der Waals surface area contributed by atoms with Crippen LogP contribution in [0.5, 0.6) is 5.75 Å². The van der Waals surface area contributed by atoms with E-state index < -0.39 is 29.5 Å². The lowest BCUT2D eigenvalue weighted by Crippen LogP contribution is -2.45. The first-order valence-electron chi connectivity index (χ1n) is 10.5. The number of rotatable bonds is 9. The van der Waals surface area contributed by atoms with Crippen LogP contribution in [0.15, 0.2) is 16.6 Å². The first-order chi connectivity index (χ1) is 15.1. The van der Waals surface area contributed by atoms with Gasteiger partial charge in [0, 0.05) is 13.0 Å². The van der Waals surface area contributed by atoms with Crippen LogP contribution in [0.1, 0.15) is 45.6 Å². The van der Waals surface area contributed by atoms with Crippen molar-refractivity contribution in [1.29, 1.82) is 0 Å². The number of amides is 1. The Morgan fingerprint density at radius 2 is 2.03 bits per heavy atom. The lowest BCUT2D eigenvalue weighted by molar-refractivity contribution is -0.165. The number of esters is 1. The number of alkyl carbamates (subject to hydrolysis) is 1. The third-order valence-corrected chi connectivity index (χ3v) is 5.10. The summed E-state index contributed by atoms with van der Waals surface area (Å²) in [6.45, 7) is 6.33. The van der Waals surface area contributed by atoms with Gasteiger partial charge in [0.2, 0.25) is 0 Å². The van der Waals surface area contributed by atoms with Crippen LogP contribution in [0.25, 0.3) is 0 Å². The van der Waals surface area contributed by atoms with E-state index in [1.807, 2.05) is 0 Å². The van der Waals surface area contributed by atoms with Crippen molar-refractivity contribution in [3.8, 4) is 5.75 Å². The second-order valence-corrected chi connectivity index (χ2v) is 9.17. The molecule has 1 fully saturated rings. The second-order valence-electron chi connectivity index (χ2n) is 8.32. The standard InChI is InChI=1S/C22H31BrFNO7/c1-22(2,3)32-21(27)25-17(20(26)28-4)11-14-12-18(15(23)13-16(14)24)29-9-10-31-19-7-5-6-8-30-19/h12-13,17,19H,5-11H2,1-4H3,(H,25,27)/t17-,19?/m0/s1. The van der Waals surface area contributed by atoms with Gasteiger partial charge in [0.05, 0.1) is 18.2 Å². The van der Waals surface area contributed by atoms with Gasteiger partial charge in [-0.25, -0.2) is 14.0 Å². The monoisotopic (exact) mass is 519 g/mol. The van der Waals surface area contributed by atoms with Gasteiger partial charge < -0.3 is 29.0 Å². The molecule has 1 aromatic rings. The highest BCUT2D eigenvalue weighted by Crippen LogP contribution is 2.29. The number of nitrogens with one attached hydrogen (secondary N) is 1. The highest BCUT2D eigenvalue weighted by Gasteiger charge is 2.27. The lowest BCUT2D eigenvalue weighted by Gasteiger charge is -2.23. The number of hydrogen-bond donors (Lipinski definition) is 1. The number of carbonyl (C=O) groups excluding carboxylic acids is 2. The van der Waals surface area contributed by atoms with Crippen molar-refractivity contribution in [2.75, 3.05) is 26.9 Å². The van der Waals surface area contributed by atoms with Crippen molar-refractivity contribution >= 4 is 28.0 Å². The van der Waals surface area contributed by atoms with E-state index in [2.05, 4.69) is 21.2 Å². The lowest BCUT2D eigenvalue weighted by atomic mass is 10.0. The molecule has 0 aliphatic carbocycles. The van der Waals surface area contributed by atoms with Crippen LogP contribution < -0.4 is 10.1 Å². The molecular weight excluding hydrogens is 489 g/mol. The Balaban J connectivity index is 2.01. The molecule has 2 rings (SSSR count). The molecule has 10 heteroatoms. The van der Waals surface area contributed by atoms with Crippen molar-refractivity contribution in [3.63, 3.8) is 0 Å². The average molecular weight is 520 g/mol. The number of carbonyl (C=O) groups is 2. The molecule has 0 bridgehead atoms. The minimum Gasteiger partial charge on any atom is -0.490 e. The van der Waals surface area contributed by atoms with Crippen molar-refractivity contribution < 1.29 is 37.7 Å². The fourth-order valence-corrected chi connectivity index (χ4v) is 3.45. The van der Waals surface area contributed by atoms with E-state index in [1.165, 1.54) is 19.2 Å². The molecule has 0 radical (unpaired) electrons. The van der Waals surface area contributed by atoms with Gasteiger partial charge in [-0.05, 0) is 73.7 Å². The third-order valence-electron chi connectivity index (χ3n) is 4.48. The van der Waals surface area contributed by atoms with Gasteiger partial charge >= 0.3 is 12.1 Å². The summed E-state index contributed by atoms with van der Waals surface area (Å²) in [4.78, 5) is 24.3. The Labute approximate surface area is 196 Å². The number of benzene rings is 1. The second kappa shape index (κ2) is 12.4. The Hall–Kier alpha value is -1.91. The van der Waals surface area contributed by atoms with Gasteiger partial charge in [-0.3, -0.25) is 0 Å². The first-order valence-corrected chi connectivity index (χ1v) is 11.3. The Kier molecular flexibility index (Phi) is 10.2. The van der Waals surface area contributed by atoms with Gasteiger partial charge in [-0.2, -0.15) is 0 Å². The molecule has 0 spiro atoms. The molecule has 0 saturated carbocycles. The molecule has 1 saturated heterocycles. The van der Waals surface area contributed by atoms with Crippen LogP contribution in [0.3, 0.4) is 0 Å². The maximum Gasteiger partial charge on any atom is 0.408 e. The molecule has 1 N–H and O–H groups in total. The molecule has 0 aromatic heterocycles. The molecule has 32 heavy (non-hydrogen) atoms. The maximum atomic E-state index is 14.6. The average Bonchev–Trinajstić information content (AvgIpc) is 2.72. The summed E-state index contributed by atoms with van der Waals surface area (Å²) in [6.07, 6.45) is 1.79. The van der Waals surface area contributed by atoms with Crippen molar-refractivity contribution in [3.05, 3.63) is 28.0 Å². The maximum absolute atomic E-state index is 14.6. The third kappa shape index (κ3) is 8.91. The summed E-state index contributed by atoms with van der Waals surface area (Å²) in [6, 6.07) is 1.59. The molecule has 8 nitrogen and oxygen atoms in total. The summed E-state index contributed by atoms with van der Waals surface area (Å²) in [5.41, 5.74) is -0.578. The Morgan fingerprint density at radius 3 is 2.66 bits per heavy atom. The van der Waals surface area contributed by atoms with Crippen LogP contribution in [0.2, 0.25) is 0 Å². The summed E-state index contributed by atoms with van der Waals surface area (Å²) >= 11 is 3.28. The normalized spacial score (nSPS) is 17.4. The minimum atomic E-state index is -1.13. The molecule has 1 aromatic carbocycles. The molecule has 1 aliphatic rings. The van der Waals surface area contributed by atoms with Crippen LogP contribution >= 0.6 is 15.9 Å². The summed E-state index contributed by atoms with van der Waals surface area (Å²) < 4.78 is 41.8. The number of hydrogen-bond acceptors (Lipinski definition) is 7. The number of ether oxygens (including phenoxy) is 5. The van der Waals surface area contributed by atoms with Crippen LogP contribution in [0.4, 0.5) is 9.18 Å². The predicted octanol–water partition coefficient (Wildman–Crippen LogP) is 4.12. The fraction of sp³-hybridized carbons (Fsp3) is 0.636. The van der Waals surface area contributed by atoms with Crippen molar-refractivity contribution in [2.24, 2.45) is 0 Å². The van der Waals surface area contributed by atoms with Gasteiger partial charge in [0.25, 0.3) is 0 Å². The topological polar surface area (TPSA) is 92.3 Å². The van der Waals surface area contributed by atoms with E-state index in [9.17, 15) is 14.0 Å². The van der Waals surface area contributed by atoms with Crippen LogP contribution in [-0.2, 0) is 30.2 Å². The molecule has 180 valence electrons. The molecule has 1 heterocycles. The quantitative estimate of drug-likeness (QED) is 0.387. The summed E-state index contributed by atoms with van der Waals surface area (Å²) in [7, 11) is 1.19. The van der Waals surface area contributed by atoms with E-state index in [1.54, 1.807) is 20.8 Å². The number of halogens is 2. The summed E-state index contributed by atoms with van der Waals surface area (Å²) in [5, 5.41) is 2.43. The molecular formula is C22H31BrFNO7. The zero-order valence-corrected chi connectivity index (χ0v) is 20.5. The van der Waals surface area contributed by atoms with Crippen LogP contribution in [-0.4, -0.2) is 56.9 Å². The van der Waals surface area contributed by atoms with Crippen LogP contribution in [0, 0.1) is 5.82 Å². The highest BCUT2D eigenvalue weighted by molar-refractivity contribution is 9.10. The van der Waals surface area contributed by atoms with Gasteiger partial charge in [0.15, 0.2) is 6.29 Å². The molecule has 2 atom stereocenters. The summed E-state index contributed by atoms with van der Waals surface area (Å²) in [5.74, 6) is -0.895. The molecule has 1 unspecified atom stereocenters. The van der Waals surface area contributed by atoms with Gasteiger partial charge in [-0.1, -0.05) is 0 Å². The molecule has 1 amide bonds. The predicted molar refractivity (Wildman–Crippen MR) is 118 cm³/mol. The fourth-order valence-electron chi connectivity index (χ4n) is 3.02. The SMILES string of the molecule is COC(=O)[C@H](Cc1cc(OCCOC2CCCCO2)c(Br)cc1F)NC(=O)OC(C)(C)C. The smallest absolute Gasteiger partial charge is 0.408 e. The Morgan fingerprint density at radius 1 is 1.28 bits per heavy atom. The van der Waals surface area contributed by atoms with Gasteiger partial charge in [0.1, 0.15) is 29.8 Å². The zero-order valence-electron chi connectivity index (χ0n) is 18.9. The number of methoxy groups -OCH3 is 1. The van der Waals surface area contributed by atoms with Gasteiger partial charge in [-0.15, -0.1) is 0 Å². The van der Waals surface area contributed by atoms with Crippen molar-refractivity contribution in [2.45, 2.75) is 64.4 Å².